The molecule has 0 bridgehead atoms. The fourth-order valence-corrected chi connectivity index (χ4v) is 3.86. The first-order valence-corrected chi connectivity index (χ1v) is 10.2. The Bertz CT molecular complexity index is 1010. The van der Waals surface area contributed by atoms with Crippen LogP contribution in [0.5, 0.6) is 5.75 Å². The Hall–Kier alpha value is -3.19. The van der Waals surface area contributed by atoms with Gasteiger partial charge in [0.1, 0.15) is 15.6 Å². The molecular weight excluding hydrogens is 386 g/mol. The smallest absolute Gasteiger partial charge is 0.263 e. The van der Waals surface area contributed by atoms with Gasteiger partial charge in [-0.25, -0.2) is 4.98 Å². The number of ether oxygens (including phenoxy) is 1. The monoisotopic (exact) mass is 409 g/mol. The van der Waals surface area contributed by atoms with Gasteiger partial charge < -0.3 is 15.8 Å². The highest BCUT2D eigenvalue weighted by Gasteiger charge is 2.16. The highest BCUT2D eigenvalue weighted by molar-refractivity contribution is 7.17. The topological polar surface area (TPSA) is 94.3 Å². The normalized spacial score (nSPS) is 10.6. The van der Waals surface area contributed by atoms with Gasteiger partial charge in [-0.3, -0.25) is 9.59 Å². The lowest BCUT2D eigenvalue weighted by molar-refractivity contribution is 0.0955. The van der Waals surface area contributed by atoms with Gasteiger partial charge in [0.25, 0.3) is 5.91 Å². The van der Waals surface area contributed by atoms with E-state index in [9.17, 15) is 9.59 Å². The van der Waals surface area contributed by atoms with Crippen LogP contribution in [-0.2, 0) is 6.42 Å². The molecular formula is C22H23N3O3S. The molecule has 6 nitrogen and oxygen atoms in total. The molecule has 3 N–H and O–H groups in total. The van der Waals surface area contributed by atoms with Crippen molar-refractivity contribution >= 4 is 23.2 Å². The SMILES string of the molecule is CCOc1ccc(-c2nc(C)c(C(=O)NCCc3cccc(C(N)=O)c3)s2)cc1. The van der Waals surface area contributed by atoms with Gasteiger partial charge in [-0.2, -0.15) is 0 Å². The molecule has 0 aliphatic heterocycles. The quantitative estimate of drug-likeness (QED) is 0.594. The molecule has 29 heavy (non-hydrogen) atoms. The molecule has 1 heterocycles. The van der Waals surface area contributed by atoms with Crippen LogP contribution in [0, 0.1) is 6.92 Å². The minimum absolute atomic E-state index is 0.150. The van der Waals surface area contributed by atoms with E-state index in [1.807, 2.05) is 44.2 Å². The van der Waals surface area contributed by atoms with Crippen molar-refractivity contribution in [1.29, 1.82) is 0 Å². The van der Waals surface area contributed by atoms with Crippen LogP contribution in [0.4, 0.5) is 0 Å². The highest BCUT2D eigenvalue weighted by Crippen LogP contribution is 2.29. The standard InChI is InChI=1S/C22H23N3O3S/c1-3-28-18-9-7-16(8-10-18)22-25-14(2)19(29-22)21(27)24-12-11-15-5-4-6-17(13-15)20(23)26/h4-10,13H,3,11-12H2,1-2H3,(H2,23,26)(H,24,27). The minimum atomic E-state index is -0.460. The molecule has 0 saturated heterocycles. The largest absolute Gasteiger partial charge is 0.494 e. The predicted molar refractivity (Wildman–Crippen MR) is 114 cm³/mol. The van der Waals surface area contributed by atoms with E-state index >= 15 is 0 Å². The van der Waals surface area contributed by atoms with E-state index < -0.39 is 5.91 Å². The first-order chi connectivity index (χ1) is 14.0. The molecule has 0 unspecified atom stereocenters. The van der Waals surface area contributed by atoms with E-state index in [-0.39, 0.29) is 5.91 Å². The van der Waals surface area contributed by atoms with Crippen molar-refractivity contribution in [2.24, 2.45) is 5.73 Å². The first-order valence-electron chi connectivity index (χ1n) is 9.35. The van der Waals surface area contributed by atoms with Crippen LogP contribution < -0.4 is 15.8 Å². The van der Waals surface area contributed by atoms with E-state index in [2.05, 4.69) is 10.3 Å². The van der Waals surface area contributed by atoms with Gasteiger partial charge in [0.2, 0.25) is 5.91 Å². The lowest BCUT2D eigenvalue weighted by Crippen LogP contribution is -2.25. The number of benzene rings is 2. The summed E-state index contributed by atoms with van der Waals surface area (Å²) in [6.45, 7) is 4.85. The number of primary amides is 1. The van der Waals surface area contributed by atoms with Crippen molar-refractivity contribution in [3.8, 4) is 16.3 Å². The Labute approximate surface area is 173 Å². The number of thiazole rings is 1. The van der Waals surface area contributed by atoms with Crippen LogP contribution >= 0.6 is 11.3 Å². The summed E-state index contributed by atoms with van der Waals surface area (Å²) in [5, 5.41) is 3.72. The van der Waals surface area contributed by atoms with Crippen molar-refractivity contribution < 1.29 is 14.3 Å². The van der Waals surface area contributed by atoms with Crippen molar-refractivity contribution in [2.45, 2.75) is 20.3 Å². The van der Waals surface area contributed by atoms with Gasteiger partial charge in [-0.1, -0.05) is 12.1 Å². The van der Waals surface area contributed by atoms with Crippen molar-refractivity contribution in [3.05, 3.63) is 70.2 Å². The predicted octanol–water partition coefficient (Wildman–Crippen LogP) is 3.59. The van der Waals surface area contributed by atoms with Crippen LogP contribution in [0.25, 0.3) is 10.6 Å². The second kappa shape index (κ2) is 9.34. The van der Waals surface area contributed by atoms with Crippen LogP contribution in [0.15, 0.2) is 48.5 Å². The van der Waals surface area contributed by atoms with Gasteiger partial charge in [-0.15, -0.1) is 11.3 Å². The van der Waals surface area contributed by atoms with Gasteiger partial charge in [0.05, 0.1) is 12.3 Å². The number of aryl methyl sites for hydroxylation is 1. The Kier molecular flexibility index (Phi) is 6.61. The maximum absolute atomic E-state index is 12.6. The number of nitrogens with one attached hydrogen (secondary N) is 1. The Morgan fingerprint density at radius 1 is 1.17 bits per heavy atom. The van der Waals surface area contributed by atoms with E-state index in [0.717, 1.165) is 21.9 Å². The molecule has 2 aromatic carbocycles. The number of hydrogen-bond acceptors (Lipinski definition) is 5. The average Bonchev–Trinajstić information content (AvgIpc) is 3.11. The molecule has 150 valence electrons. The molecule has 1 aromatic heterocycles. The zero-order chi connectivity index (χ0) is 20.8. The van der Waals surface area contributed by atoms with E-state index in [1.54, 1.807) is 18.2 Å². The highest BCUT2D eigenvalue weighted by atomic mass is 32.1. The number of carbonyl (C=O) groups is 2. The van der Waals surface area contributed by atoms with Gasteiger partial charge >= 0.3 is 0 Å². The lowest BCUT2D eigenvalue weighted by atomic mass is 10.1. The van der Waals surface area contributed by atoms with E-state index in [4.69, 9.17) is 10.5 Å². The molecule has 0 aliphatic carbocycles. The minimum Gasteiger partial charge on any atom is -0.494 e. The number of amides is 2. The molecule has 0 saturated carbocycles. The number of carbonyl (C=O) groups excluding carboxylic acids is 2. The van der Waals surface area contributed by atoms with Gasteiger partial charge in [0.15, 0.2) is 0 Å². The summed E-state index contributed by atoms with van der Waals surface area (Å²) >= 11 is 1.37. The molecule has 3 rings (SSSR count). The molecule has 0 spiro atoms. The third kappa shape index (κ3) is 5.20. The summed E-state index contributed by atoms with van der Waals surface area (Å²) in [5.74, 6) is 0.198. The van der Waals surface area contributed by atoms with Crippen molar-refractivity contribution in [2.75, 3.05) is 13.2 Å². The Balaban J connectivity index is 1.62. The van der Waals surface area contributed by atoms with Gasteiger partial charge in [0, 0.05) is 17.7 Å². The molecule has 7 heteroatoms. The summed E-state index contributed by atoms with van der Waals surface area (Å²) in [6.07, 6.45) is 0.608. The third-order valence-electron chi connectivity index (χ3n) is 4.33. The number of nitrogens with zero attached hydrogens (tertiary/aromatic N) is 1. The van der Waals surface area contributed by atoms with E-state index in [0.29, 0.717) is 35.7 Å². The summed E-state index contributed by atoms with van der Waals surface area (Å²) < 4.78 is 5.46. The maximum atomic E-state index is 12.6. The number of hydrogen-bond donors (Lipinski definition) is 2. The summed E-state index contributed by atoms with van der Waals surface area (Å²) in [5.41, 5.74) is 8.36. The van der Waals surface area contributed by atoms with Crippen LogP contribution in [0.2, 0.25) is 0 Å². The summed E-state index contributed by atoms with van der Waals surface area (Å²) in [4.78, 5) is 29.0. The number of nitrogens with two attached hydrogens (primary N) is 1. The Morgan fingerprint density at radius 3 is 2.62 bits per heavy atom. The second-order valence-corrected chi connectivity index (χ2v) is 7.46. The number of aromatic nitrogens is 1. The number of rotatable bonds is 8. The first kappa shape index (κ1) is 20.5. The average molecular weight is 410 g/mol. The summed E-state index contributed by atoms with van der Waals surface area (Å²) in [7, 11) is 0. The Morgan fingerprint density at radius 2 is 1.93 bits per heavy atom. The van der Waals surface area contributed by atoms with Crippen molar-refractivity contribution in [3.63, 3.8) is 0 Å². The van der Waals surface area contributed by atoms with Crippen LogP contribution in [0.3, 0.4) is 0 Å². The molecule has 0 aliphatic rings. The zero-order valence-corrected chi connectivity index (χ0v) is 17.2. The van der Waals surface area contributed by atoms with E-state index in [1.165, 1.54) is 11.3 Å². The van der Waals surface area contributed by atoms with Crippen LogP contribution in [-0.4, -0.2) is 29.9 Å². The lowest BCUT2D eigenvalue weighted by Gasteiger charge is -2.05. The molecule has 0 radical (unpaired) electrons. The van der Waals surface area contributed by atoms with Crippen molar-refractivity contribution in [1.82, 2.24) is 10.3 Å². The fraction of sp³-hybridized carbons (Fsp3) is 0.227. The van der Waals surface area contributed by atoms with Gasteiger partial charge in [-0.05, 0) is 62.2 Å². The molecule has 3 aromatic rings. The molecule has 0 fully saturated rings. The third-order valence-corrected chi connectivity index (χ3v) is 5.53. The molecule has 2 amide bonds. The maximum Gasteiger partial charge on any atom is 0.263 e. The summed E-state index contributed by atoms with van der Waals surface area (Å²) in [6, 6.07) is 14.8. The van der Waals surface area contributed by atoms with Crippen LogP contribution in [0.1, 0.15) is 38.2 Å². The zero-order valence-electron chi connectivity index (χ0n) is 16.4. The fourth-order valence-electron chi connectivity index (χ4n) is 2.87. The molecule has 0 atom stereocenters. The second-order valence-electron chi connectivity index (χ2n) is 6.46.